The van der Waals surface area contributed by atoms with Crippen molar-refractivity contribution in [3.8, 4) is 0 Å². The van der Waals surface area contributed by atoms with E-state index in [9.17, 15) is 22.4 Å². The quantitative estimate of drug-likeness (QED) is 0.734. The minimum Gasteiger partial charge on any atom is -0.348 e. The molecular formula is C19H21FN2O4S. The Kier molecular flexibility index (Phi) is 6.45. The van der Waals surface area contributed by atoms with Crippen LogP contribution in [0.25, 0.3) is 0 Å². The molecule has 2 rings (SSSR count). The second kappa shape index (κ2) is 8.41. The van der Waals surface area contributed by atoms with Gasteiger partial charge < -0.3 is 5.32 Å². The Balaban J connectivity index is 2.03. The van der Waals surface area contributed by atoms with Crippen molar-refractivity contribution in [1.82, 2.24) is 9.62 Å². The fourth-order valence-electron chi connectivity index (χ4n) is 2.45. The van der Waals surface area contributed by atoms with Crippen molar-refractivity contribution in [2.45, 2.75) is 24.8 Å². The third kappa shape index (κ3) is 5.21. The largest absolute Gasteiger partial charge is 0.348 e. The van der Waals surface area contributed by atoms with Gasteiger partial charge in [0.05, 0.1) is 17.5 Å². The molecule has 0 aromatic heterocycles. The number of halogens is 1. The lowest BCUT2D eigenvalue weighted by Crippen LogP contribution is -2.39. The summed E-state index contributed by atoms with van der Waals surface area (Å²) in [6, 6.07) is 10.8. The Morgan fingerprint density at radius 1 is 1.07 bits per heavy atom. The van der Waals surface area contributed by atoms with Crippen LogP contribution in [-0.2, 0) is 14.8 Å². The number of sulfonamides is 1. The summed E-state index contributed by atoms with van der Waals surface area (Å²) in [5.74, 6) is -1.03. The van der Waals surface area contributed by atoms with Gasteiger partial charge in [-0.3, -0.25) is 9.59 Å². The van der Waals surface area contributed by atoms with Crippen LogP contribution in [0.4, 0.5) is 4.39 Å². The molecule has 6 nitrogen and oxygen atoms in total. The first-order chi connectivity index (χ1) is 12.6. The highest BCUT2D eigenvalue weighted by atomic mass is 32.2. The molecule has 0 aliphatic carbocycles. The maximum atomic E-state index is 13.0. The van der Waals surface area contributed by atoms with E-state index < -0.39 is 22.0 Å². The highest BCUT2D eigenvalue weighted by Gasteiger charge is 2.23. The van der Waals surface area contributed by atoms with Gasteiger partial charge in [-0.25, -0.2) is 12.8 Å². The van der Waals surface area contributed by atoms with Crippen LogP contribution in [0.15, 0.2) is 53.4 Å². The van der Waals surface area contributed by atoms with Crippen LogP contribution in [0.3, 0.4) is 0 Å². The Hall–Kier alpha value is -2.58. The first-order valence-corrected chi connectivity index (χ1v) is 9.67. The molecular weight excluding hydrogens is 371 g/mol. The molecule has 27 heavy (non-hydrogen) atoms. The molecule has 1 amide bonds. The van der Waals surface area contributed by atoms with E-state index in [2.05, 4.69) is 5.32 Å². The molecule has 0 aliphatic rings. The number of amides is 1. The van der Waals surface area contributed by atoms with Crippen LogP contribution >= 0.6 is 0 Å². The van der Waals surface area contributed by atoms with E-state index in [1.807, 2.05) is 0 Å². The zero-order valence-electron chi connectivity index (χ0n) is 15.3. The summed E-state index contributed by atoms with van der Waals surface area (Å²) in [5.41, 5.74) is 1.11. The molecule has 0 bridgehead atoms. The standard InChI is InChI=1S/C19H21FN2O4S/c1-13(15-4-8-17(20)9-5-15)21-19(24)12-22(3)27(25,26)18-10-6-16(7-11-18)14(2)23/h4-11,13H,12H2,1-3H3,(H,21,24). The maximum absolute atomic E-state index is 13.0. The normalized spacial score (nSPS) is 12.6. The smallest absolute Gasteiger partial charge is 0.243 e. The zero-order valence-corrected chi connectivity index (χ0v) is 16.1. The molecule has 0 radical (unpaired) electrons. The Morgan fingerprint density at radius 3 is 2.15 bits per heavy atom. The lowest BCUT2D eigenvalue weighted by atomic mass is 10.1. The van der Waals surface area contributed by atoms with Gasteiger partial charge >= 0.3 is 0 Å². The van der Waals surface area contributed by atoms with Gasteiger partial charge in [-0.2, -0.15) is 4.31 Å². The van der Waals surface area contributed by atoms with E-state index in [0.717, 1.165) is 4.31 Å². The number of benzene rings is 2. The topological polar surface area (TPSA) is 83.6 Å². The molecule has 0 spiro atoms. The first kappa shape index (κ1) is 20.7. The number of carbonyl (C=O) groups is 2. The van der Waals surface area contributed by atoms with Gasteiger partial charge in [-0.05, 0) is 43.7 Å². The van der Waals surface area contributed by atoms with Crippen LogP contribution in [0, 0.1) is 5.82 Å². The number of hydrogen-bond donors (Lipinski definition) is 1. The van der Waals surface area contributed by atoms with E-state index in [1.165, 1.54) is 50.4 Å². The molecule has 1 atom stereocenters. The molecule has 8 heteroatoms. The lowest BCUT2D eigenvalue weighted by molar-refractivity contribution is -0.121. The number of likely N-dealkylation sites (N-methyl/N-ethyl adjacent to an activating group) is 1. The minimum atomic E-state index is -3.87. The number of hydrogen-bond acceptors (Lipinski definition) is 4. The van der Waals surface area contributed by atoms with Gasteiger partial charge in [0.15, 0.2) is 5.78 Å². The van der Waals surface area contributed by atoms with Gasteiger partial charge in [0.2, 0.25) is 15.9 Å². The predicted molar refractivity (Wildman–Crippen MR) is 99.2 cm³/mol. The van der Waals surface area contributed by atoms with E-state index in [-0.39, 0.29) is 23.0 Å². The van der Waals surface area contributed by atoms with Crippen molar-refractivity contribution in [2.75, 3.05) is 13.6 Å². The summed E-state index contributed by atoms with van der Waals surface area (Å²) in [4.78, 5) is 23.5. The van der Waals surface area contributed by atoms with Crippen molar-refractivity contribution in [2.24, 2.45) is 0 Å². The molecule has 2 aromatic rings. The van der Waals surface area contributed by atoms with Crippen molar-refractivity contribution in [3.05, 3.63) is 65.5 Å². The van der Waals surface area contributed by atoms with Gasteiger partial charge in [-0.15, -0.1) is 0 Å². The molecule has 1 N–H and O–H groups in total. The Labute approximate surface area is 158 Å². The second-order valence-electron chi connectivity index (χ2n) is 6.18. The van der Waals surface area contributed by atoms with E-state index in [4.69, 9.17) is 0 Å². The van der Waals surface area contributed by atoms with Gasteiger partial charge in [0.25, 0.3) is 0 Å². The predicted octanol–water partition coefficient (Wildman–Crippen LogP) is 2.53. The van der Waals surface area contributed by atoms with Crippen molar-refractivity contribution >= 4 is 21.7 Å². The summed E-state index contributed by atoms with van der Waals surface area (Å²) in [6.07, 6.45) is 0. The van der Waals surface area contributed by atoms with Crippen LogP contribution < -0.4 is 5.32 Å². The number of nitrogens with zero attached hydrogens (tertiary/aromatic N) is 1. The second-order valence-corrected chi connectivity index (χ2v) is 8.23. The summed E-state index contributed by atoms with van der Waals surface area (Å²) in [6.45, 7) is 2.74. The monoisotopic (exact) mass is 392 g/mol. The van der Waals surface area contributed by atoms with Crippen molar-refractivity contribution < 1.29 is 22.4 Å². The highest BCUT2D eigenvalue weighted by Crippen LogP contribution is 2.16. The van der Waals surface area contributed by atoms with Crippen LogP contribution in [0.1, 0.15) is 35.8 Å². The number of carbonyl (C=O) groups excluding carboxylic acids is 2. The van der Waals surface area contributed by atoms with Crippen LogP contribution in [0.2, 0.25) is 0 Å². The molecule has 2 aromatic carbocycles. The maximum Gasteiger partial charge on any atom is 0.243 e. The average Bonchev–Trinajstić information content (AvgIpc) is 2.62. The fraction of sp³-hybridized carbons (Fsp3) is 0.263. The third-order valence-corrected chi connectivity index (χ3v) is 5.90. The molecule has 0 saturated carbocycles. The fourth-order valence-corrected chi connectivity index (χ4v) is 3.58. The first-order valence-electron chi connectivity index (χ1n) is 8.23. The number of Topliss-reactive ketones (excluding diaryl/α,β-unsaturated/α-hetero) is 1. The van der Waals surface area contributed by atoms with E-state index in [1.54, 1.807) is 19.1 Å². The number of rotatable bonds is 7. The van der Waals surface area contributed by atoms with Crippen LogP contribution in [-0.4, -0.2) is 38.0 Å². The Bertz CT molecular complexity index is 925. The lowest BCUT2D eigenvalue weighted by Gasteiger charge is -2.19. The summed E-state index contributed by atoms with van der Waals surface area (Å²) >= 11 is 0. The summed E-state index contributed by atoms with van der Waals surface area (Å²) in [7, 11) is -2.57. The highest BCUT2D eigenvalue weighted by molar-refractivity contribution is 7.89. The van der Waals surface area contributed by atoms with Crippen LogP contribution in [0.5, 0.6) is 0 Å². The molecule has 0 heterocycles. The van der Waals surface area contributed by atoms with Gasteiger partial charge in [0.1, 0.15) is 5.82 Å². The Morgan fingerprint density at radius 2 is 1.63 bits per heavy atom. The van der Waals surface area contributed by atoms with E-state index in [0.29, 0.717) is 11.1 Å². The van der Waals surface area contributed by atoms with Gasteiger partial charge in [0, 0.05) is 12.6 Å². The summed E-state index contributed by atoms with van der Waals surface area (Å²) < 4.78 is 39.0. The molecule has 0 saturated heterocycles. The third-order valence-electron chi connectivity index (χ3n) is 4.08. The number of ketones is 1. The van der Waals surface area contributed by atoms with Crippen molar-refractivity contribution in [1.29, 1.82) is 0 Å². The molecule has 0 fully saturated rings. The minimum absolute atomic E-state index is 0.00520. The van der Waals surface area contributed by atoms with E-state index >= 15 is 0 Å². The molecule has 1 unspecified atom stereocenters. The average molecular weight is 392 g/mol. The SMILES string of the molecule is CC(=O)c1ccc(S(=O)(=O)N(C)CC(=O)NC(C)c2ccc(F)cc2)cc1. The summed E-state index contributed by atoms with van der Waals surface area (Å²) in [5, 5.41) is 2.68. The molecule has 0 aliphatic heterocycles. The van der Waals surface area contributed by atoms with Gasteiger partial charge in [-0.1, -0.05) is 24.3 Å². The zero-order chi connectivity index (χ0) is 20.2. The number of nitrogens with one attached hydrogen (secondary N) is 1. The molecule has 144 valence electrons. The van der Waals surface area contributed by atoms with Crippen molar-refractivity contribution in [3.63, 3.8) is 0 Å².